The lowest BCUT2D eigenvalue weighted by atomic mass is 10.9. The monoisotopic (exact) mass is 194 g/mol. The third-order valence-electron chi connectivity index (χ3n) is 3.00. The van der Waals surface area contributed by atoms with Crippen molar-refractivity contribution in [3.63, 3.8) is 0 Å². The summed E-state index contributed by atoms with van der Waals surface area (Å²) in [7, 11) is -0.995. The summed E-state index contributed by atoms with van der Waals surface area (Å²) in [5.41, 5.74) is 0. The molecule has 0 aromatic rings. The predicted molar refractivity (Wildman–Crippen MR) is 55.9 cm³/mol. The number of hydrogen-bond acceptors (Lipinski definition) is 0. The van der Waals surface area contributed by atoms with Gasteiger partial charge in [-0.05, 0) is 0 Å². The standard InChI is InChI=1S/C7H19ClSi2/c1-6-10(5,7-2)9(3,4)8/h6-7H2,1-5H3. The lowest BCUT2D eigenvalue weighted by molar-refractivity contribution is 1.29. The Labute approximate surface area is 71.5 Å². The van der Waals surface area contributed by atoms with Gasteiger partial charge in [0.25, 0.3) is 0 Å². The smallest absolute Gasteiger partial charge is 0.141 e. The molecule has 0 fully saturated rings. The summed E-state index contributed by atoms with van der Waals surface area (Å²) in [6.45, 7) is 10.3. The molecule has 0 radical (unpaired) electrons. The van der Waals surface area contributed by atoms with Gasteiger partial charge in [0.15, 0.2) is 0 Å². The summed E-state index contributed by atoms with van der Waals surface area (Å²) in [6, 6.07) is 2.71. The van der Waals surface area contributed by atoms with E-state index >= 15 is 0 Å². The van der Waals surface area contributed by atoms with Gasteiger partial charge < -0.3 is 0 Å². The lowest BCUT2D eigenvalue weighted by Crippen LogP contribution is -2.51. The van der Waals surface area contributed by atoms with Gasteiger partial charge in [-0.25, -0.2) is 0 Å². The summed E-state index contributed by atoms with van der Waals surface area (Å²) in [6.07, 6.45) is 0. The van der Waals surface area contributed by atoms with Crippen LogP contribution < -0.4 is 0 Å². The zero-order valence-corrected chi connectivity index (χ0v) is 10.5. The number of rotatable bonds is 3. The van der Waals surface area contributed by atoms with E-state index < -0.39 is 14.5 Å². The molecule has 0 atom stereocenters. The van der Waals surface area contributed by atoms with Crippen LogP contribution in [0.3, 0.4) is 0 Å². The molecule has 3 heteroatoms. The molecule has 0 amide bonds. The second kappa shape index (κ2) is 3.41. The Balaban J connectivity index is 4.33. The molecule has 0 aliphatic heterocycles. The summed E-state index contributed by atoms with van der Waals surface area (Å²) in [4.78, 5) is 0. The van der Waals surface area contributed by atoms with Crippen molar-refractivity contribution in [2.24, 2.45) is 0 Å². The van der Waals surface area contributed by atoms with E-state index in [0.29, 0.717) is 0 Å². The zero-order valence-electron chi connectivity index (χ0n) is 7.79. The normalized spacial score (nSPS) is 13.8. The first-order valence-corrected chi connectivity index (χ1v) is 12.0. The minimum absolute atomic E-state index is 0.995. The maximum absolute atomic E-state index is 6.44. The number of hydrogen-bond donors (Lipinski definition) is 0. The molecule has 0 bridgehead atoms. The van der Waals surface area contributed by atoms with Crippen molar-refractivity contribution < 1.29 is 0 Å². The first-order chi connectivity index (χ1) is 4.37. The van der Waals surface area contributed by atoms with E-state index in [1.54, 1.807) is 0 Å². The van der Waals surface area contributed by atoms with E-state index in [1.807, 2.05) is 0 Å². The highest BCUT2D eigenvalue weighted by Gasteiger charge is 2.40. The highest BCUT2D eigenvalue weighted by Crippen LogP contribution is 2.29. The van der Waals surface area contributed by atoms with Crippen LogP contribution in [0.25, 0.3) is 0 Å². The van der Waals surface area contributed by atoms with Crippen molar-refractivity contribution in [3.8, 4) is 0 Å². The van der Waals surface area contributed by atoms with E-state index in [-0.39, 0.29) is 0 Å². The Morgan fingerprint density at radius 1 is 1.00 bits per heavy atom. The molecular weight excluding hydrogens is 176 g/mol. The van der Waals surface area contributed by atoms with Crippen molar-refractivity contribution in [3.05, 3.63) is 0 Å². The van der Waals surface area contributed by atoms with Crippen LogP contribution in [-0.2, 0) is 0 Å². The highest BCUT2D eigenvalue weighted by molar-refractivity contribution is 7.58. The van der Waals surface area contributed by atoms with E-state index in [1.165, 1.54) is 12.1 Å². The molecular formula is C7H19ClSi2. The Morgan fingerprint density at radius 3 is 1.30 bits per heavy atom. The van der Waals surface area contributed by atoms with E-state index in [2.05, 4.69) is 33.5 Å². The molecule has 62 valence electrons. The van der Waals surface area contributed by atoms with Gasteiger partial charge in [-0.1, -0.05) is 45.6 Å². The fourth-order valence-corrected chi connectivity index (χ4v) is 10.7. The molecule has 0 aromatic carbocycles. The Bertz CT molecular complexity index is 103. The Morgan fingerprint density at radius 2 is 1.30 bits per heavy atom. The maximum atomic E-state index is 6.44. The fourth-order valence-electron chi connectivity index (χ4n) is 1.09. The maximum Gasteiger partial charge on any atom is 0.141 e. The van der Waals surface area contributed by atoms with Gasteiger partial charge in [0, 0.05) is 0 Å². The molecule has 0 N–H and O–H groups in total. The Hall–Kier alpha value is 0.724. The van der Waals surface area contributed by atoms with Crippen LogP contribution in [0, 0.1) is 0 Å². The predicted octanol–water partition coefficient (Wildman–Crippen LogP) is 3.63. The SMILES string of the molecule is CC[Si](C)(CC)[Si](C)(C)Cl. The van der Waals surface area contributed by atoms with Crippen molar-refractivity contribution in [2.75, 3.05) is 0 Å². The Kier molecular flexibility index (Phi) is 3.66. The van der Waals surface area contributed by atoms with E-state index in [0.717, 1.165) is 0 Å². The fraction of sp³-hybridized carbons (Fsp3) is 1.00. The van der Waals surface area contributed by atoms with Crippen LogP contribution in [0.2, 0.25) is 31.7 Å². The van der Waals surface area contributed by atoms with Gasteiger partial charge in [0.05, 0.1) is 7.59 Å². The zero-order chi connectivity index (χ0) is 8.41. The minimum Gasteiger partial charge on any atom is -0.171 e. The third-order valence-corrected chi connectivity index (χ3v) is 23.8. The van der Waals surface area contributed by atoms with Crippen LogP contribution in [0.1, 0.15) is 13.8 Å². The van der Waals surface area contributed by atoms with Crippen molar-refractivity contribution >= 4 is 25.6 Å². The highest BCUT2D eigenvalue weighted by atomic mass is 35.6. The van der Waals surface area contributed by atoms with Crippen LogP contribution in [0.5, 0.6) is 0 Å². The number of halogens is 1. The molecule has 0 saturated heterocycles. The molecule has 0 aliphatic rings. The minimum atomic E-state index is -1.30. The second-order valence-electron chi connectivity index (χ2n) is 3.74. The molecule has 0 unspecified atom stereocenters. The van der Waals surface area contributed by atoms with Gasteiger partial charge in [-0.15, -0.1) is 0 Å². The second-order valence-corrected chi connectivity index (χ2v) is 22.4. The quantitative estimate of drug-likeness (QED) is 0.476. The van der Waals surface area contributed by atoms with Gasteiger partial charge in [0.1, 0.15) is 6.90 Å². The molecule has 0 aromatic heterocycles. The summed E-state index contributed by atoms with van der Waals surface area (Å²) >= 11 is 6.44. The summed E-state index contributed by atoms with van der Waals surface area (Å²) in [5.74, 6) is 0. The molecule has 10 heavy (non-hydrogen) atoms. The van der Waals surface area contributed by atoms with Gasteiger partial charge >= 0.3 is 0 Å². The molecule has 0 spiro atoms. The van der Waals surface area contributed by atoms with Crippen molar-refractivity contribution in [1.29, 1.82) is 0 Å². The van der Waals surface area contributed by atoms with Crippen LogP contribution in [-0.4, -0.2) is 14.5 Å². The van der Waals surface area contributed by atoms with Gasteiger partial charge in [0.2, 0.25) is 0 Å². The molecule has 0 saturated carbocycles. The average molecular weight is 195 g/mol. The topological polar surface area (TPSA) is 0 Å². The van der Waals surface area contributed by atoms with Gasteiger partial charge in [-0.2, -0.15) is 11.1 Å². The van der Waals surface area contributed by atoms with Crippen molar-refractivity contribution in [2.45, 2.75) is 45.6 Å². The first-order valence-electron chi connectivity index (χ1n) is 4.06. The summed E-state index contributed by atoms with van der Waals surface area (Å²) < 4.78 is 0. The molecule has 0 aliphatic carbocycles. The first kappa shape index (κ1) is 10.7. The molecule has 0 rings (SSSR count). The van der Waals surface area contributed by atoms with E-state index in [4.69, 9.17) is 11.1 Å². The van der Waals surface area contributed by atoms with E-state index in [9.17, 15) is 0 Å². The largest absolute Gasteiger partial charge is 0.171 e. The average Bonchev–Trinajstić information content (AvgIpc) is 1.84. The third kappa shape index (κ3) is 2.10. The van der Waals surface area contributed by atoms with Crippen LogP contribution in [0.15, 0.2) is 0 Å². The van der Waals surface area contributed by atoms with Gasteiger partial charge in [-0.3, -0.25) is 0 Å². The van der Waals surface area contributed by atoms with Crippen LogP contribution >= 0.6 is 11.1 Å². The van der Waals surface area contributed by atoms with Crippen LogP contribution in [0.4, 0.5) is 0 Å². The molecule has 0 heterocycles. The molecule has 0 nitrogen and oxygen atoms in total. The van der Waals surface area contributed by atoms with Crippen molar-refractivity contribution in [1.82, 2.24) is 0 Å². The lowest BCUT2D eigenvalue weighted by Gasteiger charge is -2.34. The summed E-state index contributed by atoms with van der Waals surface area (Å²) in [5, 5.41) is 0.